The van der Waals surface area contributed by atoms with E-state index in [1.54, 1.807) is 12.1 Å². The van der Waals surface area contributed by atoms with Gasteiger partial charge in [-0.2, -0.15) is 0 Å². The quantitative estimate of drug-likeness (QED) is 0.821. The summed E-state index contributed by atoms with van der Waals surface area (Å²) in [7, 11) is 0. The maximum Gasteiger partial charge on any atom is 0.227 e. The van der Waals surface area contributed by atoms with E-state index >= 15 is 0 Å². The number of hydrogen-bond donors (Lipinski definition) is 2. The van der Waals surface area contributed by atoms with Crippen molar-refractivity contribution < 1.29 is 9.53 Å². The van der Waals surface area contributed by atoms with Crippen molar-refractivity contribution in [3.8, 4) is 5.75 Å². The van der Waals surface area contributed by atoms with E-state index in [1.165, 1.54) is 0 Å². The summed E-state index contributed by atoms with van der Waals surface area (Å²) < 4.78 is 5.48. The Morgan fingerprint density at radius 2 is 2.00 bits per heavy atom. The van der Waals surface area contributed by atoms with Crippen LogP contribution in [0.15, 0.2) is 48.5 Å². The molecule has 1 amide bonds. The number of carbonyl (C=O) groups excluding carboxylic acids is 1. The molecule has 4 heteroatoms. The van der Waals surface area contributed by atoms with Crippen molar-refractivity contribution in [2.45, 2.75) is 13.3 Å². The number of carbonyl (C=O) groups is 1. The average Bonchev–Trinajstić information content (AvgIpc) is 2.41. The van der Waals surface area contributed by atoms with Crippen LogP contribution < -0.4 is 15.8 Å². The van der Waals surface area contributed by atoms with Gasteiger partial charge in [-0.3, -0.25) is 4.79 Å². The van der Waals surface area contributed by atoms with Gasteiger partial charge in [-0.05, 0) is 30.7 Å². The van der Waals surface area contributed by atoms with Crippen LogP contribution in [0.1, 0.15) is 12.0 Å². The number of nitrogens with one attached hydrogen (secondary N) is 1. The Balaban J connectivity index is 1.80. The fourth-order valence-electron chi connectivity index (χ4n) is 1.79. The summed E-state index contributed by atoms with van der Waals surface area (Å²) in [4.78, 5) is 11.8. The third-order valence-corrected chi connectivity index (χ3v) is 2.88. The zero-order valence-corrected chi connectivity index (χ0v) is 11.4. The van der Waals surface area contributed by atoms with Gasteiger partial charge < -0.3 is 15.8 Å². The van der Waals surface area contributed by atoms with Crippen LogP contribution in [-0.2, 0) is 4.79 Å². The zero-order valence-electron chi connectivity index (χ0n) is 11.4. The topological polar surface area (TPSA) is 64.3 Å². The predicted octanol–water partition coefficient (Wildman–Crippen LogP) is 2.98. The Morgan fingerprint density at radius 1 is 1.20 bits per heavy atom. The molecule has 0 aromatic heterocycles. The standard InChI is InChI=1S/C16H18N2O2/c1-12-5-2-3-8-15(12)18-16(19)9-10-20-14-7-4-6-13(17)11-14/h2-8,11H,9-10,17H2,1H3,(H,18,19). The minimum atomic E-state index is -0.0665. The number of nitrogen functional groups attached to an aromatic ring is 1. The molecule has 104 valence electrons. The molecule has 0 bridgehead atoms. The van der Waals surface area contributed by atoms with Crippen molar-refractivity contribution >= 4 is 17.3 Å². The summed E-state index contributed by atoms with van der Waals surface area (Å²) in [5.41, 5.74) is 8.17. The Morgan fingerprint density at radius 3 is 2.75 bits per heavy atom. The number of nitrogens with two attached hydrogens (primary N) is 1. The van der Waals surface area contributed by atoms with Crippen LogP contribution >= 0.6 is 0 Å². The summed E-state index contributed by atoms with van der Waals surface area (Å²) in [5.74, 6) is 0.608. The Bertz CT molecular complexity index is 597. The van der Waals surface area contributed by atoms with E-state index in [4.69, 9.17) is 10.5 Å². The van der Waals surface area contributed by atoms with Gasteiger partial charge in [0.2, 0.25) is 5.91 Å². The number of para-hydroxylation sites is 1. The normalized spacial score (nSPS) is 10.1. The summed E-state index contributed by atoms with van der Waals surface area (Å²) >= 11 is 0. The largest absolute Gasteiger partial charge is 0.493 e. The highest BCUT2D eigenvalue weighted by Gasteiger charge is 2.04. The van der Waals surface area contributed by atoms with Gasteiger partial charge in [0.05, 0.1) is 13.0 Å². The van der Waals surface area contributed by atoms with Crippen LogP contribution in [0.5, 0.6) is 5.75 Å². The van der Waals surface area contributed by atoms with Crippen molar-refractivity contribution in [3.63, 3.8) is 0 Å². The lowest BCUT2D eigenvalue weighted by molar-refractivity contribution is -0.116. The lowest BCUT2D eigenvalue weighted by Gasteiger charge is -2.09. The van der Waals surface area contributed by atoms with Crippen LogP contribution in [-0.4, -0.2) is 12.5 Å². The highest BCUT2D eigenvalue weighted by Crippen LogP contribution is 2.15. The van der Waals surface area contributed by atoms with Crippen molar-refractivity contribution in [1.29, 1.82) is 0 Å². The van der Waals surface area contributed by atoms with E-state index in [9.17, 15) is 4.79 Å². The third kappa shape index (κ3) is 4.02. The third-order valence-electron chi connectivity index (χ3n) is 2.88. The van der Waals surface area contributed by atoms with Crippen molar-refractivity contribution in [1.82, 2.24) is 0 Å². The van der Waals surface area contributed by atoms with E-state index in [2.05, 4.69) is 5.32 Å². The molecule has 0 aliphatic rings. The van der Waals surface area contributed by atoms with E-state index in [-0.39, 0.29) is 5.91 Å². The molecule has 0 unspecified atom stereocenters. The molecule has 0 saturated heterocycles. The van der Waals surface area contributed by atoms with Crippen LogP contribution in [0.3, 0.4) is 0 Å². The molecule has 0 radical (unpaired) electrons. The monoisotopic (exact) mass is 270 g/mol. The molecule has 0 atom stereocenters. The van der Waals surface area contributed by atoms with Gasteiger partial charge in [0.1, 0.15) is 5.75 Å². The molecule has 0 aliphatic carbocycles. The summed E-state index contributed by atoms with van der Waals surface area (Å²) in [6.07, 6.45) is 0.295. The molecule has 4 nitrogen and oxygen atoms in total. The number of benzene rings is 2. The lowest BCUT2D eigenvalue weighted by atomic mass is 10.2. The van der Waals surface area contributed by atoms with Crippen molar-refractivity contribution in [2.75, 3.05) is 17.7 Å². The first kappa shape index (κ1) is 13.9. The number of anilines is 2. The summed E-state index contributed by atoms with van der Waals surface area (Å²) in [6.45, 7) is 2.28. The first-order valence-corrected chi connectivity index (χ1v) is 6.49. The molecule has 0 heterocycles. The zero-order chi connectivity index (χ0) is 14.4. The summed E-state index contributed by atoms with van der Waals surface area (Å²) in [5, 5.41) is 2.86. The molecule has 2 aromatic rings. The number of ether oxygens (including phenoxy) is 1. The van der Waals surface area contributed by atoms with Gasteiger partial charge in [0, 0.05) is 17.4 Å². The van der Waals surface area contributed by atoms with Crippen molar-refractivity contribution in [2.24, 2.45) is 0 Å². The average molecular weight is 270 g/mol. The lowest BCUT2D eigenvalue weighted by Crippen LogP contribution is -2.15. The van der Waals surface area contributed by atoms with E-state index < -0.39 is 0 Å². The van der Waals surface area contributed by atoms with Gasteiger partial charge in [-0.25, -0.2) is 0 Å². The summed E-state index contributed by atoms with van der Waals surface area (Å²) in [6, 6.07) is 14.8. The number of amides is 1. The molecule has 0 saturated carbocycles. The first-order valence-electron chi connectivity index (χ1n) is 6.49. The SMILES string of the molecule is Cc1ccccc1NC(=O)CCOc1cccc(N)c1. The highest BCUT2D eigenvalue weighted by atomic mass is 16.5. The molecular formula is C16H18N2O2. The molecule has 20 heavy (non-hydrogen) atoms. The van der Waals surface area contributed by atoms with Crippen LogP contribution in [0.2, 0.25) is 0 Å². The van der Waals surface area contributed by atoms with Crippen LogP contribution in [0.4, 0.5) is 11.4 Å². The van der Waals surface area contributed by atoms with Gasteiger partial charge in [-0.15, -0.1) is 0 Å². The van der Waals surface area contributed by atoms with Gasteiger partial charge in [0.15, 0.2) is 0 Å². The smallest absolute Gasteiger partial charge is 0.227 e. The van der Waals surface area contributed by atoms with Crippen LogP contribution in [0.25, 0.3) is 0 Å². The molecule has 0 aliphatic heterocycles. The second-order valence-corrected chi connectivity index (χ2v) is 4.53. The molecule has 3 N–H and O–H groups in total. The minimum absolute atomic E-state index is 0.0665. The predicted molar refractivity (Wildman–Crippen MR) is 80.8 cm³/mol. The van der Waals surface area contributed by atoms with Crippen molar-refractivity contribution in [3.05, 3.63) is 54.1 Å². The fraction of sp³-hybridized carbons (Fsp3) is 0.188. The van der Waals surface area contributed by atoms with Gasteiger partial charge >= 0.3 is 0 Å². The maximum absolute atomic E-state index is 11.8. The minimum Gasteiger partial charge on any atom is -0.493 e. The molecular weight excluding hydrogens is 252 g/mol. The first-order chi connectivity index (χ1) is 9.65. The molecule has 2 rings (SSSR count). The number of hydrogen-bond acceptors (Lipinski definition) is 3. The van der Waals surface area contributed by atoms with E-state index in [0.29, 0.717) is 24.5 Å². The fourth-order valence-corrected chi connectivity index (χ4v) is 1.79. The maximum atomic E-state index is 11.8. The molecule has 0 fully saturated rings. The molecule has 2 aromatic carbocycles. The second kappa shape index (κ2) is 6.61. The van der Waals surface area contributed by atoms with Gasteiger partial charge in [0.25, 0.3) is 0 Å². The number of aryl methyl sites for hydroxylation is 1. The van der Waals surface area contributed by atoms with Gasteiger partial charge in [-0.1, -0.05) is 24.3 Å². The molecule has 0 spiro atoms. The second-order valence-electron chi connectivity index (χ2n) is 4.53. The van der Waals surface area contributed by atoms with E-state index in [0.717, 1.165) is 11.3 Å². The Labute approximate surface area is 118 Å². The van der Waals surface area contributed by atoms with E-state index in [1.807, 2.05) is 43.3 Å². The van der Waals surface area contributed by atoms with Crippen LogP contribution in [0, 0.1) is 6.92 Å². The number of rotatable bonds is 5. The Kier molecular flexibility index (Phi) is 4.60. The highest BCUT2D eigenvalue weighted by molar-refractivity contribution is 5.91. The Hall–Kier alpha value is -2.49.